The van der Waals surface area contributed by atoms with Crippen molar-refractivity contribution < 1.29 is 4.74 Å². The summed E-state index contributed by atoms with van der Waals surface area (Å²) in [7, 11) is 0. The van der Waals surface area contributed by atoms with Gasteiger partial charge in [-0.1, -0.05) is 0 Å². The number of rotatable bonds is 2. The summed E-state index contributed by atoms with van der Waals surface area (Å²) in [5.74, 6) is 0.809. The summed E-state index contributed by atoms with van der Waals surface area (Å²) in [5, 5.41) is 7.53. The van der Waals surface area contributed by atoms with Crippen LogP contribution in [0.4, 0.5) is 0 Å². The summed E-state index contributed by atoms with van der Waals surface area (Å²) in [4.78, 5) is 12.2. The first-order chi connectivity index (χ1) is 7.77. The summed E-state index contributed by atoms with van der Waals surface area (Å²) in [6.07, 6.45) is 0.888. The van der Waals surface area contributed by atoms with E-state index in [1.54, 1.807) is 9.25 Å². The largest absolute Gasteiger partial charge is 0.379 e. The molecule has 0 radical (unpaired) electrons. The molecule has 0 spiro atoms. The Morgan fingerprint density at radius 1 is 1.44 bits per heavy atom. The minimum atomic E-state index is 0.0134. The second kappa shape index (κ2) is 3.71. The Morgan fingerprint density at radius 2 is 2.25 bits per heavy atom. The van der Waals surface area contributed by atoms with Crippen LogP contribution in [0, 0.1) is 6.92 Å². The van der Waals surface area contributed by atoms with Crippen molar-refractivity contribution in [1.82, 2.24) is 19.7 Å². The predicted molar refractivity (Wildman–Crippen MR) is 57.6 cm³/mol. The lowest BCUT2D eigenvalue weighted by Crippen LogP contribution is -2.47. The van der Waals surface area contributed by atoms with Crippen molar-refractivity contribution in [2.24, 2.45) is 0 Å². The van der Waals surface area contributed by atoms with Crippen molar-refractivity contribution in [3.05, 3.63) is 16.3 Å². The van der Waals surface area contributed by atoms with Gasteiger partial charge in [-0.2, -0.15) is 5.10 Å². The van der Waals surface area contributed by atoms with Gasteiger partial charge in [0.15, 0.2) is 0 Å². The van der Waals surface area contributed by atoms with Crippen LogP contribution in [0.2, 0.25) is 0 Å². The van der Waals surface area contributed by atoms with Gasteiger partial charge in [0.25, 0.3) is 0 Å². The molecule has 1 N–H and O–H groups in total. The SMILES string of the molecule is Cc1nn(C2CCOC2)c(=O)n1C1CNC1. The molecule has 0 aromatic carbocycles. The van der Waals surface area contributed by atoms with Gasteiger partial charge < -0.3 is 10.1 Å². The third kappa shape index (κ3) is 1.41. The molecule has 6 heteroatoms. The fourth-order valence-electron chi connectivity index (χ4n) is 2.32. The molecule has 2 fully saturated rings. The average Bonchev–Trinajstić information content (AvgIpc) is 2.78. The molecule has 16 heavy (non-hydrogen) atoms. The second-order valence-corrected chi connectivity index (χ2v) is 4.47. The Hall–Kier alpha value is -1.14. The Balaban J connectivity index is 1.97. The van der Waals surface area contributed by atoms with Crippen LogP contribution in [-0.2, 0) is 4.74 Å². The lowest BCUT2D eigenvalue weighted by Gasteiger charge is -2.27. The molecule has 0 amide bonds. The van der Waals surface area contributed by atoms with Crippen LogP contribution in [-0.4, -0.2) is 40.7 Å². The zero-order valence-electron chi connectivity index (χ0n) is 9.35. The average molecular weight is 224 g/mol. The van der Waals surface area contributed by atoms with Crippen molar-refractivity contribution in [1.29, 1.82) is 0 Å². The summed E-state index contributed by atoms with van der Waals surface area (Å²) in [6.45, 7) is 4.97. The van der Waals surface area contributed by atoms with E-state index in [2.05, 4.69) is 10.4 Å². The molecule has 1 aromatic heterocycles. The Labute approximate surface area is 93.2 Å². The lowest BCUT2D eigenvalue weighted by atomic mass is 10.2. The first-order valence-electron chi connectivity index (χ1n) is 5.73. The first-order valence-corrected chi connectivity index (χ1v) is 5.73. The van der Waals surface area contributed by atoms with Gasteiger partial charge in [-0.3, -0.25) is 4.57 Å². The van der Waals surface area contributed by atoms with Gasteiger partial charge in [-0.15, -0.1) is 0 Å². The number of hydrogen-bond donors (Lipinski definition) is 1. The van der Waals surface area contributed by atoms with E-state index in [1.807, 2.05) is 6.92 Å². The maximum atomic E-state index is 12.2. The van der Waals surface area contributed by atoms with Crippen molar-refractivity contribution in [2.75, 3.05) is 26.3 Å². The number of nitrogens with one attached hydrogen (secondary N) is 1. The van der Waals surface area contributed by atoms with E-state index >= 15 is 0 Å². The molecule has 1 atom stereocenters. The maximum Gasteiger partial charge on any atom is 0.346 e. The molecular weight excluding hydrogens is 208 g/mol. The highest BCUT2D eigenvalue weighted by atomic mass is 16.5. The number of aryl methyl sites for hydroxylation is 1. The quantitative estimate of drug-likeness (QED) is 0.733. The highest BCUT2D eigenvalue weighted by molar-refractivity contribution is 4.94. The standard InChI is InChI=1S/C10H16N4O2/c1-7-12-14(8-2-3-16-6-8)10(15)13(7)9-4-11-5-9/h8-9,11H,2-6H2,1H3. The lowest BCUT2D eigenvalue weighted by molar-refractivity contribution is 0.183. The number of aromatic nitrogens is 3. The van der Waals surface area contributed by atoms with Crippen LogP contribution >= 0.6 is 0 Å². The van der Waals surface area contributed by atoms with Gasteiger partial charge in [0.2, 0.25) is 0 Å². The van der Waals surface area contributed by atoms with E-state index < -0.39 is 0 Å². The van der Waals surface area contributed by atoms with Crippen molar-refractivity contribution in [3.63, 3.8) is 0 Å². The third-order valence-corrected chi connectivity index (χ3v) is 3.38. The predicted octanol–water partition coefficient (Wildman–Crippen LogP) is -0.541. The van der Waals surface area contributed by atoms with Gasteiger partial charge in [-0.25, -0.2) is 9.48 Å². The van der Waals surface area contributed by atoms with Gasteiger partial charge in [0.05, 0.1) is 18.7 Å². The van der Waals surface area contributed by atoms with Crippen LogP contribution in [0.5, 0.6) is 0 Å². The molecule has 2 aliphatic rings. The summed E-state index contributed by atoms with van der Waals surface area (Å²) >= 11 is 0. The number of ether oxygens (including phenoxy) is 1. The second-order valence-electron chi connectivity index (χ2n) is 4.47. The van der Waals surface area contributed by atoms with E-state index in [9.17, 15) is 4.79 Å². The van der Waals surface area contributed by atoms with Crippen LogP contribution in [0.25, 0.3) is 0 Å². The van der Waals surface area contributed by atoms with Gasteiger partial charge in [0.1, 0.15) is 5.82 Å². The zero-order valence-corrected chi connectivity index (χ0v) is 9.35. The Kier molecular flexibility index (Phi) is 2.33. The molecule has 6 nitrogen and oxygen atoms in total. The van der Waals surface area contributed by atoms with E-state index in [0.717, 1.165) is 31.9 Å². The van der Waals surface area contributed by atoms with E-state index in [4.69, 9.17) is 4.74 Å². The summed E-state index contributed by atoms with van der Waals surface area (Å²) in [5.41, 5.74) is 0.0134. The monoisotopic (exact) mass is 224 g/mol. The van der Waals surface area contributed by atoms with Gasteiger partial charge >= 0.3 is 5.69 Å². The van der Waals surface area contributed by atoms with Gasteiger partial charge in [-0.05, 0) is 13.3 Å². The van der Waals surface area contributed by atoms with Crippen LogP contribution in [0.3, 0.4) is 0 Å². The highest BCUT2D eigenvalue weighted by Gasteiger charge is 2.28. The molecule has 88 valence electrons. The van der Waals surface area contributed by atoms with E-state index in [1.165, 1.54) is 0 Å². The zero-order chi connectivity index (χ0) is 11.1. The molecule has 0 saturated carbocycles. The Morgan fingerprint density at radius 3 is 2.81 bits per heavy atom. The van der Waals surface area contributed by atoms with Gasteiger partial charge in [0, 0.05) is 19.7 Å². The summed E-state index contributed by atoms with van der Waals surface area (Å²) in [6, 6.07) is 0.407. The number of hydrogen-bond acceptors (Lipinski definition) is 4. The van der Waals surface area contributed by atoms with Crippen molar-refractivity contribution in [2.45, 2.75) is 25.4 Å². The van der Waals surface area contributed by atoms with Crippen molar-refractivity contribution in [3.8, 4) is 0 Å². The molecule has 1 unspecified atom stereocenters. The minimum absolute atomic E-state index is 0.0134. The molecule has 0 aliphatic carbocycles. The Bertz CT molecular complexity index is 440. The van der Waals surface area contributed by atoms with Crippen molar-refractivity contribution >= 4 is 0 Å². The number of nitrogens with zero attached hydrogens (tertiary/aromatic N) is 3. The first kappa shape index (κ1) is 10.0. The fourth-order valence-corrected chi connectivity index (χ4v) is 2.32. The third-order valence-electron chi connectivity index (χ3n) is 3.38. The van der Waals surface area contributed by atoms with E-state index in [-0.39, 0.29) is 17.8 Å². The summed E-state index contributed by atoms with van der Waals surface area (Å²) < 4.78 is 8.69. The minimum Gasteiger partial charge on any atom is -0.379 e. The van der Waals surface area contributed by atoms with E-state index in [0.29, 0.717) is 6.61 Å². The molecule has 2 saturated heterocycles. The van der Waals surface area contributed by atoms with Crippen LogP contribution in [0.1, 0.15) is 24.3 Å². The van der Waals surface area contributed by atoms with Crippen LogP contribution < -0.4 is 11.0 Å². The smallest absolute Gasteiger partial charge is 0.346 e. The normalized spacial score (nSPS) is 25.9. The molecule has 1 aromatic rings. The molecular formula is C10H16N4O2. The fraction of sp³-hybridized carbons (Fsp3) is 0.800. The molecule has 3 heterocycles. The topological polar surface area (TPSA) is 61.1 Å². The molecule has 3 rings (SSSR count). The molecule has 0 bridgehead atoms. The van der Waals surface area contributed by atoms with Crippen LogP contribution in [0.15, 0.2) is 4.79 Å². The highest BCUT2D eigenvalue weighted by Crippen LogP contribution is 2.17. The maximum absolute atomic E-state index is 12.2. The molecule has 2 aliphatic heterocycles.